The van der Waals surface area contributed by atoms with Crippen LogP contribution in [0.4, 0.5) is 11.4 Å². The Morgan fingerprint density at radius 3 is 2.50 bits per heavy atom. The van der Waals surface area contributed by atoms with Gasteiger partial charge in [-0.2, -0.15) is 0 Å². The van der Waals surface area contributed by atoms with E-state index in [0.29, 0.717) is 5.69 Å². The van der Waals surface area contributed by atoms with E-state index in [1.54, 1.807) is 6.92 Å². The van der Waals surface area contributed by atoms with E-state index in [2.05, 4.69) is 10.1 Å². The summed E-state index contributed by atoms with van der Waals surface area (Å²) in [5, 5.41) is 2.85. The first-order valence-corrected chi connectivity index (χ1v) is 7.09. The molecule has 0 aromatic heterocycles. The Morgan fingerprint density at radius 1 is 1.44 bits per heavy atom. The molecule has 0 fully saturated rings. The Labute approximate surface area is 106 Å². The third kappa shape index (κ3) is 3.36. The van der Waals surface area contributed by atoms with Crippen LogP contribution in [0.1, 0.15) is 6.92 Å². The summed E-state index contributed by atoms with van der Waals surface area (Å²) in [6, 6.07) is 3.73. The van der Waals surface area contributed by atoms with Crippen LogP contribution in [0.3, 0.4) is 0 Å². The smallest absolute Gasteiger partial charge is 0.327 e. The lowest BCUT2D eigenvalue weighted by Gasteiger charge is -2.15. The highest BCUT2D eigenvalue weighted by molar-refractivity contribution is 7.90. The lowest BCUT2D eigenvalue weighted by Crippen LogP contribution is -2.27. The van der Waals surface area contributed by atoms with E-state index in [-0.39, 0.29) is 10.6 Å². The third-order valence-corrected chi connectivity index (χ3v) is 3.49. The van der Waals surface area contributed by atoms with E-state index < -0.39 is 21.8 Å². The molecule has 0 aliphatic carbocycles. The number of nitrogen functional groups attached to an aromatic ring is 1. The highest BCUT2D eigenvalue weighted by Gasteiger charge is 2.15. The number of rotatable bonds is 4. The number of methoxy groups -OCH3 is 1. The van der Waals surface area contributed by atoms with Crippen molar-refractivity contribution in [1.29, 1.82) is 0 Å². The molecule has 1 atom stereocenters. The fraction of sp³-hybridized carbons (Fsp3) is 0.364. The second-order valence-electron chi connectivity index (χ2n) is 3.91. The van der Waals surface area contributed by atoms with Gasteiger partial charge in [-0.3, -0.25) is 0 Å². The van der Waals surface area contributed by atoms with Crippen molar-refractivity contribution in [2.75, 3.05) is 24.4 Å². The zero-order valence-electron chi connectivity index (χ0n) is 10.4. The Morgan fingerprint density at radius 2 is 2.06 bits per heavy atom. The molecule has 6 nitrogen and oxygen atoms in total. The summed E-state index contributed by atoms with van der Waals surface area (Å²) >= 11 is 0. The van der Waals surface area contributed by atoms with E-state index >= 15 is 0 Å². The predicted octanol–water partition coefficient (Wildman–Crippen LogP) is 0.646. The van der Waals surface area contributed by atoms with Crippen molar-refractivity contribution in [3.8, 4) is 0 Å². The van der Waals surface area contributed by atoms with Crippen molar-refractivity contribution in [3.05, 3.63) is 18.2 Å². The molecule has 3 N–H and O–H groups in total. The monoisotopic (exact) mass is 272 g/mol. The molecule has 0 aliphatic heterocycles. The fourth-order valence-electron chi connectivity index (χ4n) is 1.37. The maximum atomic E-state index is 11.3. The summed E-state index contributed by atoms with van der Waals surface area (Å²) < 4.78 is 27.2. The van der Waals surface area contributed by atoms with Gasteiger partial charge in [0.1, 0.15) is 6.04 Å². The Kier molecular flexibility index (Phi) is 4.18. The minimum atomic E-state index is -3.29. The zero-order chi connectivity index (χ0) is 13.9. The second kappa shape index (κ2) is 5.26. The van der Waals surface area contributed by atoms with Gasteiger partial charge in [-0.25, -0.2) is 13.2 Å². The number of esters is 1. The summed E-state index contributed by atoms with van der Waals surface area (Å²) in [6.45, 7) is 1.62. The van der Waals surface area contributed by atoms with Crippen LogP contribution < -0.4 is 11.1 Å². The molecule has 1 aromatic rings. The molecule has 0 radical (unpaired) electrons. The minimum absolute atomic E-state index is 0.135. The largest absolute Gasteiger partial charge is 0.467 e. The Hall–Kier alpha value is -1.76. The molecular formula is C11H16N2O4S. The van der Waals surface area contributed by atoms with Crippen LogP contribution in [0.25, 0.3) is 0 Å². The summed E-state index contributed by atoms with van der Waals surface area (Å²) in [5.41, 5.74) is 6.47. The van der Waals surface area contributed by atoms with Crippen molar-refractivity contribution >= 4 is 27.2 Å². The summed E-state index contributed by atoms with van der Waals surface area (Å²) in [5.74, 6) is -0.429. The quantitative estimate of drug-likeness (QED) is 0.616. The van der Waals surface area contributed by atoms with Gasteiger partial charge in [0.2, 0.25) is 0 Å². The van der Waals surface area contributed by atoms with E-state index in [1.165, 1.54) is 25.3 Å². The lowest BCUT2D eigenvalue weighted by molar-refractivity contribution is -0.141. The number of nitrogens with one attached hydrogen (secondary N) is 1. The van der Waals surface area contributed by atoms with E-state index in [9.17, 15) is 13.2 Å². The molecule has 100 valence electrons. The molecular weight excluding hydrogens is 256 g/mol. The number of sulfone groups is 1. The van der Waals surface area contributed by atoms with Gasteiger partial charge in [0.15, 0.2) is 9.84 Å². The molecule has 0 saturated heterocycles. The van der Waals surface area contributed by atoms with E-state index in [0.717, 1.165) is 6.26 Å². The average molecular weight is 272 g/mol. The summed E-state index contributed by atoms with van der Waals surface area (Å²) in [6.07, 6.45) is 1.10. The maximum Gasteiger partial charge on any atom is 0.327 e. The summed E-state index contributed by atoms with van der Waals surface area (Å²) in [7, 11) is -2.00. The van der Waals surface area contributed by atoms with Crippen LogP contribution in [-0.2, 0) is 19.4 Å². The predicted molar refractivity (Wildman–Crippen MR) is 69.1 cm³/mol. The number of nitrogens with two attached hydrogens (primary N) is 1. The Balaban J connectivity index is 2.97. The average Bonchev–Trinajstić information content (AvgIpc) is 2.29. The van der Waals surface area contributed by atoms with Crippen molar-refractivity contribution in [2.45, 2.75) is 17.9 Å². The topological polar surface area (TPSA) is 98.5 Å². The third-order valence-electron chi connectivity index (χ3n) is 2.38. The first kappa shape index (κ1) is 14.3. The standard InChI is InChI=1S/C11H16N2O4S/c1-7(11(14)17-2)13-10-5-4-8(6-9(10)12)18(3,15)16/h4-7,13H,12H2,1-3H3. The molecule has 0 aliphatic rings. The number of carbonyl (C=O) groups excluding carboxylic acids is 1. The number of hydrogen-bond acceptors (Lipinski definition) is 6. The SMILES string of the molecule is COC(=O)C(C)Nc1ccc(S(C)(=O)=O)cc1N. The molecule has 0 amide bonds. The molecule has 1 unspecified atom stereocenters. The van der Waals surface area contributed by atoms with E-state index in [1.807, 2.05) is 0 Å². The van der Waals surface area contributed by atoms with Gasteiger partial charge in [-0.15, -0.1) is 0 Å². The van der Waals surface area contributed by atoms with Gasteiger partial charge in [0.05, 0.1) is 23.4 Å². The van der Waals surface area contributed by atoms with Gasteiger partial charge >= 0.3 is 5.97 Å². The highest BCUT2D eigenvalue weighted by atomic mass is 32.2. The molecule has 18 heavy (non-hydrogen) atoms. The van der Waals surface area contributed by atoms with Crippen molar-refractivity contribution < 1.29 is 17.9 Å². The first-order valence-electron chi connectivity index (χ1n) is 5.19. The minimum Gasteiger partial charge on any atom is -0.467 e. The van der Waals surface area contributed by atoms with Crippen molar-refractivity contribution in [3.63, 3.8) is 0 Å². The van der Waals surface area contributed by atoms with Gasteiger partial charge in [-0.05, 0) is 25.1 Å². The molecule has 0 spiro atoms. The molecule has 0 bridgehead atoms. The highest BCUT2D eigenvalue weighted by Crippen LogP contribution is 2.23. The first-order chi connectivity index (χ1) is 8.25. The number of ether oxygens (including phenoxy) is 1. The van der Waals surface area contributed by atoms with Crippen LogP contribution in [0, 0.1) is 0 Å². The van der Waals surface area contributed by atoms with Crippen LogP contribution in [0.2, 0.25) is 0 Å². The number of benzene rings is 1. The van der Waals surface area contributed by atoms with Gasteiger partial charge < -0.3 is 15.8 Å². The van der Waals surface area contributed by atoms with Gasteiger partial charge in [0.25, 0.3) is 0 Å². The number of carbonyl (C=O) groups is 1. The molecule has 0 saturated carbocycles. The molecule has 0 heterocycles. The van der Waals surface area contributed by atoms with E-state index in [4.69, 9.17) is 5.73 Å². The maximum absolute atomic E-state index is 11.3. The van der Waals surface area contributed by atoms with Crippen LogP contribution >= 0.6 is 0 Å². The zero-order valence-corrected chi connectivity index (χ0v) is 11.2. The van der Waals surface area contributed by atoms with Crippen LogP contribution in [-0.4, -0.2) is 33.8 Å². The second-order valence-corrected chi connectivity index (χ2v) is 5.93. The number of hydrogen-bond donors (Lipinski definition) is 2. The summed E-state index contributed by atoms with van der Waals surface area (Å²) in [4.78, 5) is 11.4. The normalized spacial score (nSPS) is 12.8. The molecule has 1 rings (SSSR count). The Bertz CT molecular complexity index is 554. The molecule has 1 aromatic carbocycles. The van der Waals surface area contributed by atoms with Gasteiger partial charge in [0, 0.05) is 6.26 Å². The van der Waals surface area contributed by atoms with Crippen molar-refractivity contribution in [1.82, 2.24) is 0 Å². The van der Waals surface area contributed by atoms with Crippen LogP contribution in [0.15, 0.2) is 23.1 Å². The van der Waals surface area contributed by atoms with Crippen LogP contribution in [0.5, 0.6) is 0 Å². The van der Waals surface area contributed by atoms with Gasteiger partial charge in [-0.1, -0.05) is 0 Å². The van der Waals surface area contributed by atoms with Crippen molar-refractivity contribution in [2.24, 2.45) is 0 Å². The lowest BCUT2D eigenvalue weighted by atomic mass is 10.2. The number of anilines is 2. The molecule has 7 heteroatoms. The fourth-order valence-corrected chi connectivity index (χ4v) is 2.03.